The number of ether oxygens (including phenoxy) is 1. The van der Waals surface area contributed by atoms with Gasteiger partial charge < -0.3 is 0 Å². The third-order valence-electron chi connectivity index (χ3n) is 2.92. The fourth-order valence-corrected chi connectivity index (χ4v) is 7.62. The number of carbonyl (C=O) groups is 1. The van der Waals surface area contributed by atoms with Gasteiger partial charge in [0.25, 0.3) is 0 Å². The van der Waals surface area contributed by atoms with Crippen molar-refractivity contribution >= 4 is 24.3 Å². The zero-order valence-corrected chi connectivity index (χ0v) is 14.0. The molecule has 0 fully saturated rings. The van der Waals surface area contributed by atoms with Crippen LogP contribution in [0.4, 0.5) is 0 Å². The summed E-state index contributed by atoms with van der Waals surface area (Å²) in [5.74, 6) is -0.0621. The van der Waals surface area contributed by atoms with E-state index in [9.17, 15) is 4.79 Å². The van der Waals surface area contributed by atoms with Gasteiger partial charge in [-0.05, 0) is 0 Å². The standard InChI is InChI=1S/C11H13O2.3CH3.Sn/c1-2-13-11(12)9-8-10-6-4-3-5-7-10;;;;/h3-8H,2,9H2,1H3;3*1H3;. The van der Waals surface area contributed by atoms with Crippen LogP contribution in [-0.4, -0.2) is 31.0 Å². The summed E-state index contributed by atoms with van der Waals surface area (Å²) in [6.07, 6.45) is 0.539. The molecule has 17 heavy (non-hydrogen) atoms. The Labute approximate surface area is 108 Å². The van der Waals surface area contributed by atoms with E-state index in [2.05, 4.69) is 27.0 Å². The van der Waals surface area contributed by atoms with Crippen molar-refractivity contribution in [2.45, 2.75) is 32.1 Å². The van der Waals surface area contributed by atoms with Crippen LogP contribution in [0, 0.1) is 0 Å². The number of rotatable bonds is 5. The van der Waals surface area contributed by atoms with Crippen LogP contribution in [0.1, 0.15) is 22.8 Å². The first-order chi connectivity index (χ1) is 7.95. The van der Waals surface area contributed by atoms with Crippen LogP contribution in [0.25, 0.3) is 0 Å². The summed E-state index contributed by atoms with van der Waals surface area (Å²) in [5.41, 5.74) is 1.30. The molecule has 0 aliphatic heterocycles. The van der Waals surface area contributed by atoms with Crippen molar-refractivity contribution < 1.29 is 9.53 Å². The molecule has 0 amide bonds. The molecule has 0 saturated carbocycles. The normalized spacial score (nSPS) is 13.2. The van der Waals surface area contributed by atoms with E-state index in [-0.39, 0.29) is 5.97 Å². The van der Waals surface area contributed by atoms with Gasteiger partial charge in [-0.2, -0.15) is 0 Å². The average molecular weight is 341 g/mol. The van der Waals surface area contributed by atoms with Gasteiger partial charge in [-0.15, -0.1) is 0 Å². The van der Waals surface area contributed by atoms with Crippen LogP contribution in [0.15, 0.2) is 30.3 Å². The number of hydrogen-bond acceptors (Lipinski definition) is 2. The van der Waals surface area contributed by atoms with Crippen LogP contribution < -0.4 is 0 Å². The Morgan fingerprint density at radius 1 is 1.24 bits per heavy atom. The molecule has 0 N–H and O–H groups in total. The van der Waals surface area contributed by atoms with Crippen molar-refractivity contribution in [3.05, 3.63) is 35.9 Å². The summed E-state index contributed by atoms with van der Waals surface area (Å²) in [6.45, 7) is 2.33. The first-order valence-electron chi connectivity index (χ1n) is 6.15. The topological polar surface area (TPSA) is 26.3 Å². The molecular formula is C14H22O2Sn. The molecule has 1 unspecified atom stereocenters. The van der Waals surface area contributed by atoms with Crippen molar-refractivity contribution in [3.63, 3.8) is 0 Å². The molecule has 1 aromatic rings. The van der Waals surface area contributed by atoms with Crippen LogP contribution in [0.5, 0.6) is 0 Å². The number of benzene rings is 1. The van der Waals surface area contributed by atoms with Gasteiger partial charge in [0.05, 0.1) is 0 Å². The van der Waals surface area contributed by atoms with Gasteiger partial charge in [-0.25, -0.2) is 0 Å². The Hall–Kier alpha value is -0.511. The third-order valence-corrected chi connectivity index (χ3v) is 10.4. The molecule has 0 aliphatic rings. The third kappa shape index (κ3) is 4.70. The summed E-state index contributed by atoms with van der Waals surface area (Å²) in [4.78, 5) is 18.8. The van der Waals surface area contributed by atoms with E-state index in [1.807, 2.05) is 25.1 Å². The Bertz CT molecular complexity index is 354. The van der Waals surface area contributed by atoms with Gasteiger partial charge in [-0.1, -0.05) is 0 Å². The summed E-state index contributed by atoms with van der Waals surface area (Å²) < 4.78 is 5.49. The summed E-state index contributed by atoms with van der Waals surface area (Å²) in [6, 6.07) is 10.4. The molecule has 1 aromatic carbocycles. The Balaban J connectivity index is 2.87. The zero-order chi connectivity index (χ0) is 12.9. The number of hydrogen-bond donors (Lipinski definition) is 0. The van der Waals surface area contributed by atoms with Crippen molar-refractivity contribution in [3.8, 4) is 0 Å². The first-order valence-corrected chi connectivity index (χ1v) is 16.4. The monoisotopic (exact) mass is 342 g/mol. The minimum atomic E-state index is -2.17. The molecule has 0 radical (unpaired) electrons. The molecule has 0 aliphatic carbocycles. The molecular weight excluding hydrogens is 319 g/mol. The summed E-state index contributed by atoms with van der Waals surface area (Å²) in [7, 11) is 0. The predicted molar refractivity (Wildman–Crippen MR) is 73.8 cm³/mol. The molecule has 0 saturated heterocycles. The van der Waals surface area contributed by atoms with Gasteiger partial charge in [-0.3, -0.25) is 0 Å². The van der Waals surface area contributed by atoms with Gasteiger partial charge in [0.2, 0.25) is 0 Å². The van der Waals surface area contributed by atoms with Crippen LogP contribution in [0.3, 0.4) is 0 Å². The van der Waals surface area contributed by atoms with Crippen LogP contribution >= 0.6 is 0 Å². The molecule has 0 bridgehead atoms. The SMILES string of the molecule is CCOC(=O)C[CH](c1ccccc1)[Sn]([CH3])([CH3])[CH3]. The summed E-state index contributed by atoms with van der Waals surface area (Å²) >= 11 is -2.17. The zero-order valence-electron chi connectivity index (χ0n) is 11.2. The Morgan fingerprint density at radius 3 is 2.29 bits per heavy atom. The predicted octanol–water partition coefficient (Wildman–Crippen LogP) is 3.60. The Morgan fingerprint density at radius 2 is 1.82 bits per heavy atom. The molecule has 0 aromatic heterocycles. The molecule has 3 heteroatoms. The molecule has 2 nitrogen and oxygen atoms in total. The van der Waals surface area contributed by atoms with E-state index >= 15 is 0 Å². The van der Waals surface area contributed by atoms with Gasteiger partial charge in [0.15, 0.2) is 0 Å². The van der Waals surface area contributed by atoms with Crippen LogP contribution in [-0.2, 0) is 9.53 Å². The van der Waals surface area contributed by atoms with Crippen molar-refractivity contribution in [2.24, 2.45) is 0 Å². The minimum absolute atomic E-state index is 0.0621. The maximum absolute atomic E-state index is 11.7. The second-order valence-corrected chi connectivity index (χ2v) is 20.8. The van der Waals surface area contributed by atoms with Gasteiger partial charge in [0.1, 0.15) is 0 Å². The van der Waals surface area contributed by atoms with E-state index < -0.39 is 18.4 Å². The second-order valence-electron chi connectivity index (χ2n) is 5.34. The molecule has 1 rings (SSSR count). The molecule has 0 spiro atoms. The first kappa shape index (κ1) is 14.5. The van der Waals surface area contributed by atoms with Gasteiger partial charge >= 0.3 is 108 Å². The number of esters is 1. The van der Waals surface area contributed by atoms with E-state index in [0.717, 1.165) is 0 Å². The van der Waals surface area contributed by atoms with E-state index in [0.29, 0.717) is 17.0 Å². The average Bonchev–Trinajstić information content (AvgIpc) is 2.26. The van der Waals surface area contributed by atoms with E-state index in [4.69, 9.17) is 4.74 Å². The van der Waals surface area contributed by atoms with E-state index in [1.54, 1.807) is 0 Å². The second kappa shape index (κ2) is 6.43. The van der Waals surface area contributed by atoms with Crippen molar-refractivity contribution in [1.29, 1.82) is 0 Å². The quantitative estimate of drug-likeness (QED) is 0.604. The number of carbonyl (C=O) groups excluding carboxylic acids is 1. The fourth-order valence-electron chi connectivity index (χ4n) is 2.00. The van der Waals surface area contributed by atoms with Gasteiger partial charge in [0, 0.05) is 0 Å². The van der Waals surface area contributed by atoms with E-state index in [1.165, 1.54) is 5.56 Å². The molecule has 0 heterocycles. The van der Waals surface area contributed by atoms with Crippen LogP contribution in [0.2, 0.25) is 14.8 Å². The Kier molecular flexibility index (Phi) is 5.50. The van der Waals surface area contributed by atoms with Crippen molar-refractivity contribution in [2.75, 3.05) is 6.61 Å². The molecule has 1 atom stereocenters. The van der Waals surface area contributed by atoms with Crippen molar-refractivity contribution in [1.82, 2.24) is 0 Å². The fraction of sp³-hybridized carbons (Fsp3) is 0.500. The maximum atomic E-state index is 11.7. The summed E-state index contributed by atoms with van der Waals surface area (Å²) in [5, 5.41) is 0. The molecule has 94 valence electrons.